The van der Waals surface area contributed by atoms with Crippen molar-refractivity contribution in [2.24, 2.45) is 0 Å². The smallest absolute Gasteiger partial charge is 0.204 e. The average Bonchev–Trinajstić information content (AvgIpc) is 3.17. The molecule has 0 aliphatic carbocycles. The molecule has 1 fully saturated rings. The quantitative estimate of drug-likeness (QED) is 0.538. The van der Waals surface area contributed by atoms with Crippen molar-refractivity contribution in [1.82, 2.24) is 19.6 Å². The highest BCUT2D eigenvalue weighted by atomic mass is 15.3. The van der Waals surface area contributed by atoms with E-state index in [1.165, 1.54) is 16.8 Å². The van der Waals surface area contributed by atoms with Crippen molar-refractivity contribution >= 4 is 28.2 Å². The minimum atomic E-state index is 0.383. The lowest BCUT2D eigenvalue weighted by Crippen LogP contribution is -2.52. The Kier molecular flexibility index (Phi) is 3.93. The Hall–Kier alpha value is -3.15. The van der Waals surface area contributed by atoms with Crippen molar-refractivity contribution in [3.8, 4) is 0 Å². The number of hydrogen-bond donors (Lipinski definition) is 0. The van der Waals surface area contributed by atoms with Crippen LogP contribution < -0.4 is 9.80 Å². The van der Waals surface area contributed by atoms with Gasteiger partial charge in [-0.2, -0.15) is 0 Å². The zero-order chi connectivity index (χ0) is 19.3. The average molecular weight is 372 g/mol. The Morgan fingerprint density at radius 2 is 1.86 bits per heavy atom. The highest BCUT2D eigenvalue weighted by molar-refractivity contribution is 5.83. The third-order valence-corrected chi connectivity index (χ3v) is 5.62. The number of rotatable bonds is 2. The minimum Gasteiger partial charge on any atom is -0.365 e. The van der Waals surface area contributed by atoms with Gasteiger partial charge in [-0.05, 0) is 56.2 Å². The molecule has 0 N–H and O–H groups in total. The molecular formula is C22H24N6. The standard InChI is InChI=1S/C22H24N6/c1-15-5-4-6-18(11-15)27-10-9-26(13-17(27)3)21-22-25-23-14-28(22)20-12-16(2)7-8-19(20)24-21/h4-8,11-12,14,17H,9-10,13H2,1-3H3/t17-/m0/s1. The second kappa shape index (κ2) is 6.48. The molecule has 4 aromatic rings. The number of aromatic nitrogens is 4. The fourth-order valence-electron chi connectivity index (χ4n) is 4.20. The maximum atomic E-state index is 4.97. The summed E-state index contributed by atoms with van der Waals surface area (Å²) in [5.41, 5.74) is 6.65. The second-order valence-corrected chi connectivity index (χ2v) is 7.78. The van der Waals surface area contributed by atoms with Crippen LogP contribution in [0.5, 0.6) is 0 Å². The SMILES string of the molecule is Cc1cccc(N2CCN(c3nc4ccc(C)cc4n4cnnc34)C[C@@H]2C)c1. The van der Waals surface area contributed by atoms with Gasteiger partial charge in [-0.1, -0.05) is 18.2 Å². The molecular weight excluding hydrogens is 348 g/mol. The van der Waals surface area contributed by atoms with Gasteiger partial charge >= 0.3 is 0 Å². The van der Waals surface area contributed by atoms with Gasteiger partial charge < -0.3 is 9.80 Å². The summed E-state index contributed by atoms with van der Waals surface area (Å²) >= 11 is 0. The predicted octanol–water partition coefficient (Wildman–Crippen LogP) is 3.61. The number of hydrogen-bond acceptors (Lipinski definition) is 5. The Labute approximate surface area is 164 Å². The van der Waals surface area contributed by atoms with Crippen molar-refractivity contribution in [1.29, 1.82) is 0 Å². The molecule has 1 atom stereocenters. The van der Waals surface area contributed by atoms with E-state index in [1.807, 2.05) is 0 Å². The van der Waals surface area contributed by atoms with Crippen LogP contribution in [0.4, 0.5) is 11.5 Å². The molecule has 0 bridgehead atoms. The molecule has 1 saturated heterocycles. The highest BCUT2D eigenvalue weighted by Crippen LogP contribution is 2.28. The lowest BCUT2D eigenvalue weighted by atomic mass is 10.1. The van der Waals surface area contributed by atoms with Crippen LogP contribution >= 0.6 is 0 Å². The van der Waals surface area contributed by atoms with E-state index in [9.17, 15) is 0 Å². The first-order valence-corrected chi connectivity index (χ1v) is 9.78. The molecule has 5 rings (SSSR count). The number of aryl methyl sites for hydroxylation is 2. The Balaban J connectivity index is 1.51. The zero-order valence-electron chi connectivity index (χ0n) is 16.5. The van der Waals surface area contributed by atoms with Crippen molar-refractivity contribution in [3.63, 3.8) is 0 Å². The van der Waals surface area contributed by atoms with E-state index < -0.39 is 0 Å². The molecule has 6 nitrogen and oxygen atoms in total. The van der Waals surface area contributed by atoms with Crippen LogP contribution in [-0.2, 0) is 0 Å². The molecule has 0 radical (unpaired) electrons. The summed E-state index contributed by atoms with van der Waals surface area (Å²) in [6.07, 6.45) is 1.79. The van der Waals surface area contributed by atoms with E-state index in [2.05, 4.69) is 87.6 Å². The van der Waals surface area contributed by atoms with Gasteiger partial charge in [0.2, 0.25) is 5.65 Å². The first kappa shape index (κ1) is 17.0. The first-order chi connectivity index (χ1) is 13.6. The summed E-state index contributed by atoms with van der Waals surface area (Å²) < 4.78 is 2.06. The van der Waals surface area contributed by atoms with Gasteiger partial charge in [-0.25, -0.2) is 4.98 Å². The lowest BCUT2D eigenvalue weighted by molar-refractivity contribution is 0.548. The molecule has 0 unspecified atom stereocenters. The van der Waals surface area contributed by atoms with Crippen LogP contribution in [0.2, 0.25) is 0 Å². The lowest BCUT2D eigenvalue weighted by Gasteiger charge is -2.41. The molecule has 2 aromatic heterocycles. The number of fused-ring (bicyclic) bond motifs is 3. The molecule has 0 saturated carbocycles. The second-order valence-electron chi connectivity index (χ2n) is 7.78. The van der Waals surface area contributed by atoms with Gasteiger partial charge in [-0.15, -0.1) is 10.2 Å². The van der Waals surface area contributed by atoms with Gasteiger partial charge in [0, 0.05) is 31.4 Å². The van der Waals surface area contributed by atoms with E-state index in [0.29, 0.717) is 6.04 Å². The molecule has 1 aliphatic rings. The van der Waals surface area contributed by atoms with E-state index in [0.717, 1.165) is 42.1 Å². The van der Waals surface area contributed by atoms with Crippen molar-refractivity contribution in [3.05, 3.63) is 59.9 Å². The molecule has 2 aromatic carbocycles. The van der Waals surface area contributed by atoms with E-state index in [-0.39, 0.29) is 0 Å². The van der Waals surface area contributed by atoms with Gasteiger partial charge in [0.1, 0.15) is 6.33 Å². The number of benzene rings is 2. The monoisotopic (exact) mass is 372 g/mol. The molecule has 0 amide bonds. The van der Waals surface area contributed by atoms with Gasteiger partial charge in [0.05, 0.1) is 11.0 Å². The van der Waals surface area contributed by atoms with Crippen LogP contribution in [0.25, 0.3) is 16.7 Å². The predicted molar refractivity (Wildman–Crippen MR) is 113 cm³/mol. The number of piperazine rings is 1. The number of anilines is 2. The van der Waals surface area contributed by atoms with Crippen LogP contribution in [0.3, 0.4) is 0 Å². The van der Waals surface area contributed by atoms with Crippen molar-refractivity contribution < 1.29 is 0 Å². The summed E-state index contributed by atoms with van der Waals surface area (Å²) in [4.78, 5) is 9.80. The Bertz CT molecular complexity index is 1160. The summed E-state index contributed by atoms with van der Waals surface area (Å²) in [5.74, 6) is 0.921. The zero-order valence-corrected chi connectivity index (χ0v) is 16.5. The summed E-state index contributed by atoms with van der Waals surface area (Å²) in [6.45, 7) is 9.29. The molecule has 1 aliphatic heterocycles. The van der Waals surface area contributed by atoms with Crippen molar-refractivity contribution in [2.75, 3.05) is 29.4 Å². The fraction of sp³-hybridized carbons (Fsp3) is 0.318. The highest BCUT2D eigenvalue weighted by Gasteiger charge is 2.27. The maximum absolute atomic E-state index is 4.97. The minimum absolute atomic E-state index is 0.383. The topological polar surface area (TPSA) is 49.6 Å². The normalized spacial score (nSPS) is 17.6. The van der Waals surface area contributed by atoms with Gasteiger partial charge in [-0.3, -0.25) is 4.40 Å². The molecule has 0 spiro atoms. The first-order valence-electron chi connectivity index (χ1n) is 9.78. The van der Waals surface area contributed by atoms with Gasteiger partial charge in [0.25, 0.3) is 0 Å². The van der Waals surface area contributed by atoms with Crippen molar-refractivity contribution in [2.45, 2.75) is 26.8 Å². The molecule has 6 heteroatoms. The third-order valence-electron chi connectivity index (χ3n) is 5.62. The Morgan fingerprint density at radius 1 is 1.00 bits per heavy atom. The fourth-order valence-corrected chi connectivity index (χ4v) is 4.20. The van der Waals surface area contributed by atoms with Crippen LogP contribution in [-0.4, -0.2) is 45.3 Å². The molecule has 142 valence electrons. The third kappa shape index (κ3) is 2.76. The largest absolute Gasteiger partial charge is 0.365 e. The van der Waals surface area contributed by atoms with Gasteiger partial charge in [0.15, 0.2) is 5.82 Å². The maximum Gasteiger partial charge on any atom is 0.204 e. The van der Waals surface area contributed by atoms with E-state index >= 15 is 0 Å². The molecule has 28 heavy (non-hydrogen) atoms. The van der Waals surface area contributed by atoms with E-state index in [1.54, 1.807) is 6.33 Å². The summed E-state index contributed by atoms with van der Waals surface area (Å²) in [5, 5.41) is 8.55. The van der Waals surface area contributed by atoms with Crippen LogP contribution in [0, 0.1) is 13.8 Å². The van der Waals surface area contributed by atoms with Crippen LogP contribution in [0.1, 0.15) is 18.1 Å². The summed E-state index contributed by atoms with van der Waals surface area (Å²) in [6, 6.07) is 15.5. The molecule has 3 heterocycles. The number of nitrogens with zero attached hydrogens (tertiary/aromatic N) is 6. The Morgan fingerprint density at radius 3 is 2.68 bits per heavy atom. The summed E-state index contributed by atoms with van der Waals surface area (Å²) in [7, 11) is 0. The van der Waals surface area contributed by atoms with Crippen LogP contribution in [0.15, 0.2) is 48.8 Å². The van der Waals surface area contributed by atoms with E-state index in [4.69, 9.17) is 4.98 Å².